The van der Waals surface area contributed by atoms with Gasteiger partial charge in [0, 0.05) is 19.6 Å². The van der Waals surface area contributed by atoms with Crippen LogP contribution in [0, 0.1) is 0 Å². The highest BCUT2D eigenvalue weighted by molar-refractivity contribution is 6.32. The lowest BCUT2D eigenvalue weighted by molar-refractivity contribution is -0.106. The van der Waals surface area contributed by atoms with Crippen molar-refractivity contribution < 1.29 is 14.6 Å². The SMILES string of the molecule is CCCC1(O)CN(Cc2cc(Cl)c3c(c2)OCCO3)C1. The molecule has 110 valence electrons. The van der Waals surface area contributed by atoms with Crippen LogP contribution in [-0.4, -0.2) is 41.9 Å². The molecule has 0 aliphatic carbocycles. The monoisotopic (exact) mass is 297 g/mol. The molecule has 0 spiro atoms. The zero-order chi connectivity index (χ0) is 14.2. The van der Waals surface area contributed by atoms with Crippen molar-refractivity contribution in [3.05, 3.63) is 22.7 Å². The van der Waals surface area contributed by atoms with E-state index in [2.05, 4.69) is 11.8 Å². The Labute approximate surface area is 124 Å². The van der Waals surface area contributed by atoms with E-state index in [0.29, 0.717) is 24.0 Å². The van der Waals surface area contributed by atoms with E-state index in [1.165, 1.54) is 0 Å². The number of fused-ring (bicyclic) bond motifs is 1. The maximum Gasteiger partial charge on any atom is 0.179 e. The van der Waals surface area contributed by atoms with Crippen LogP contribution in [0.4, 0.5) is 0 Å². The van der Waals surface area contributed by atoms with Gasteiger partial charge in [-0.05, 0) is 24.1 Å². The number of halogens is 1. The van der Waals surface area contributed by atoms with Crippen molar-refractivity contribution in [3.8, 4) is 11.5 Å². The normalized spacial score (nSPS) is 20.6. The standard InChI is InChI=1S/C15H20ClNO3/c1-2-3-15(18)9-17(10-15)8-11-6-12(16)14-13(7-11)19-4-5-20-14/h6-7,18H,2-5,8-10H2,1H3. The van der Waals surface area contributed by atoms with Crippen LogP contribution in [-0.2, 0) is 6.54 Å². The van der Waals surface area contributed by atoms with Gasteiger partial charge in [-0.15, -0.1) is 0 Å². The predicted molar refractivity (Wildman–Crippen MR) is 77.6 cm³/mol. The molecule has 20 heavy (non-hydrogen) atoms. The summed E-state index contributed by atoms with van der Waals surface area (Å²) in [6.45, 7) is 5.44. The molecule has 2 aliphatic heterocycles. The van der Waals surface area contributed by atoms with E-state index in [1.807, 2.05) is 12.1 Å². The maximum atomic E-state index is 10.2. The number of β-amino-alcohol motifs (C(OH)–C–C–N with tert-alkyl or cyclic N) is 1. The molecule has 0 radical (unpaired) electrons. The summed E-state index contributed by atoms with van der Waals surface area (Å²) in [6, 6.07) is 3.91. The zero-order valence-corrected chi connectivity index (χ0v) is 12.4. The van der Waals surface area contributed by atoms with Crippen molar-refractivity contribution in [1.82, 2.24) is 4.90 Å². The predicted octanol–water partition coefficient (Wildman–Crippen LogP) is 2.46. The smallest absolute Gasteiger partial charge is 0.179 e. The minimum absolute atomic E-state index is 0.494. The summed E-state index contributed by atoms with van der Waals surface area (Å²) in [4.78, 5) is 2.22. The maximum absolute atomic E-state index is 10.2. The Kier molecular flexibility index (Phi) is 3.80. The number of likely N-dealkylation sites (tertiary alicyclic amines) is 1. The minimum Gasteiger partial charge on any atom is -0.486 e. The second kappa shape index (κ2) is 5.43. The fraction of sp³-hybridized carbons (Fsp3) is 0.600. The van der Waals surface area contributed by atoms with Crippen LogP contribution < -0.4 is 9.47 Å². The number of hydrogen-bond donors (Lipinski definition) is 1. The van der Waals surface area contributed by atoms with E-state index in [0.717, 1.165) is 43.8 Å². The molecule has 0 amide bonds. The summed E-state index contributed by atoms with van der Waals surface area (Å²) in [7, 11) is 0. The molecule has 2 heterocycles. The van der Waals surface area contributed by atoms with Gasteiger partial charge in [0.25, 0.3) is 0 Å². The highest BCUT2D eigenvalue weighted by Crippen LogP contribution is 2.39. The van der Waals surface area contributed by atoms with Gasteiger partial charge in [-0.3, -0.25) is 4.90 Å². The molecule has 0 bridgehead atoms. The highest BCUT2D eigenvalue weighted by atomic mass is 35.5. The van der Waals surface area contributed by atoms with Gasteiger partial charge in [0.05, 0.1) is 10.6 Å². The van der Waals surface area contributed by atoms with Crippen molar-refractivity contribution in [2.75, 3.05) is 26.3 Å². The third-order valence-corrected chi connectivity index (χ3v) is 4.09. The van der Waals surface area contributed by atoms with Gasteiger partial charge in [-0.2, -0.15) is 0 Å². The molecule has 0 unspecified atom stereocenters. The van der Waals surface area contributed by atoms with E-state index in [1.54, 1.807) is 0 Å². The lowest BCUT2D eigenvalue weighted by atomic mass is 9.89. The fourth-order valence-corrected chi connectivity index (χ4v) is 3.32. The second-order valence-electron chi connectivity index (χ2n) is 5.72. The van der Waals surface area contributed by atoms with Crippen LogP contribution in [0.2, 0.25) is 5.02 Å². The van der Waals surface area contributed by atoms with Gasteiger partial charge in [-0.25, -0.2) is 0 Å². The summed E-state index contributed by atoms with van der Waals surface area (Å²) in [5.74, 6) is 1.37. The molecule has 0 atom stereocenters. The van der Waals surface area contributed by atoms with Crippen molar-refractivity contribution in [1.29, 1.82) is 0 Å². The molecule has 0 aromatic heterocycles. The molecule has 2 aliphatic rings. The van der Waals surface area contributed by atoms with Crippen LogP contribution in [0.1, 0.15) is 25.3 Å². The highest BCUT2D eigenvalue weighted by Gasteiger charge is 2.39. The number of rotatable bonds is 4. The third kappa shape index (κ3) is 2.73. The zero-order valence-electron chi connectivity index (χ0n) is 11.7. The topological polar surface area (TPSA) is 41.9 Å². The van der Waals surface area contributed by atoms with Gasteiger partial charge in [-0.1, -0.05) is 24.9 Å². The molecule has 1 saturated heterocycles. The van der Waals surface area contributed by atoms with Gasteiger partial charge in [0.15, 0.2) is 11.5 Å². The first-order valence-electron chi connectivity index (χ1n) is 7.12. The van der Waals surface area contributed by atoms with Gasteiger partial charge >= 0.3 is 0 Å². The number of ether oxygens (including phenoxy) is 2. The Bertz CT molecular complexity index is 500. The van der Waals surface area contributed by atoms with Crippen LogP contribution in [0.25, 0.3) is 0 Å². The van der Waals surface area contributed by atoms with Crippen LogP contribution in [0.15, 0.2) is 12.1 Å². The number of nitrogens with zero attached hydrogens (tertiary/aromatic N) is 1. The van der Waals surface area contributed by atoms with Crippen molar-refractivity contribution >= 4 is 11.6 Å². The molecule has 3 rings (SSSR count). The van der Waals surface area contributed by atoms with Crippen molar-refractivity contribution in [2.45, 2.75) is 31.9 Å². The van der Waals surface area contributed by atoms with Crippen LogP contribution in [0.5, 0.6) is 11.5 Å². The molecule has 4 nitrogen and oxygen atoms in total. The van der Waals surface area contributed by atoms with E-state index in [4.69, 9.17) is 21.1 Å². The first-order valence-corrected chi connectivity index (χ1v) is 7.50. The largest absolute Gasteiger partial charge is 0.486 e. The van der Waals surface area contributed by atoms with E-state index < -0.39 is 5.60 Å². The average Bonchev–Trinajstić information content (AvgIpc) is 2.37. The number of aliphatic hydroxyl groups is 1. The van der Waals surface area contributed by atoms with E-state index in [-0.39, 0.29) is 0 Å². The minimum atomic E-state index is -0.494. The lowest BCUT2D eigenvalue weighted by Crippen LogP contribution is -2.60. The Balaban J connectivity index is 1.66. The molecule has 1 aromatic carbocycles. The van der Waals surface area contributed by atoms with Crippen LogP contribution >= 0.6 is 11.6 Å². The van der Waals surface area contributed by atoms with Crippen molar-refractivity contribution in [3.63, 3.8) is 0 Å². The Morgan fingerprint density at radius 2 is 2.05 bits per heavy atom. The summed E-state index contributed by atoms with van der Waals surface area (Å²) in [5.41, 5.74) is 0.601. The Hall–Kier alpha value is -0.970. The fourth-order valence-electron chi connectivity index (χ4n) is 3.04. The summed E-state index contributed by atoms with van der Waals surface area (Å²) >= 11 is 6.22. The van der Waals surface area contributed by atoms with Gasteiger partial charge < -0.3 is 14.6 Å². The average molecular weight is 298 g/mol. The molecule has 0 saturated carbocycles. The molecule has 1 N–H and O–H groups in total. The van der Waals surface area contributed by atoms with Crippen molar-refractivity contribution in [2.24, 2.45) is 0 Å². The first kappa shape index (κ1) is 14.0. The summed E-state index contributed by atoms with van der Waals surface area (Å²) < 4.78 is 11.1. The van der Waals surface area contributed by atoms with E-state index in [9.17, 15) is 5.11 Å². The Morgan fingerprint density at radius 3 is 2.80 bits per heavy atom. The van der Waals surface area contributed by atoms with Crippen LogP contribution in [0.3, 0.4) is 0 Å². The van der Waals surface area contributed by atoms with E-state index >= 15 is 0 Å². The first-order chi connectivity index (χ1) is 9.59. The molecule has 1 aromatic rings. The molecular formula is C15H20ClNO3. The quantitative estimate of drug-likeness (QED) is 0.927. The second-order valence-corrected chi connectivity index (χ2v) is 6.13. The molecule has 1 fully saturated rings. The molecule has 5 heteroatoms. The van der Waals surface area contributed by atoms with Gasteiger partial charge in [0.2, 0.25) is 0 Å². The van der Waals surface area contributed by atoms with Gasteiger partial charge in [0.1, 0.15) is 13.2 Å². The Morgan fingerprint density at radius 1 is 1.30 bits per heavy atom. The number of hydrogen-bond acceptors (Lipinski definition) is 4. The number of benzene rings is 1. The lowest BCUT2D eigenvalue weighted by Gasteiger charge is -2.46. The third-order valence-electron chi connectivity index (χ3n) is 3.81. The molecular weight excluding hydrogens is 278 g/mol. The summed E-state index contributed by atoms with van der Waals surface area (Å²) in [6.07, 6.45) is 1.88. The summed E-state index contributed by atoms with van der Waals surface area (Å²) in [5, 5.41) is 10.8.